The van der Waals surface area contributed by atoms with E-state index in [4.69, 9.17) is 22.1 Å². The Labute approximate surface area is 166 Å². The molecule has 138 valence electrons. The molecule has 0 bridgehead atoms. The van der Waals surface area contributed by atoms with E-state index in [9.17, 15) is 0 Å². The predicted molar refractivity (Wildman–Crippen MR) is 112 cm³/mol. The van der Waals surface area contributed by atoms with Gasteiger partial charge in [-0.25, -0.2) is 4.98 Å². The van der Waals surface area contributed by atoms with Crippen LogP contribution in [0, 0.1) is 6.92 Å². The summed E-state index contributed by atoms with van der Waals surface area (Å²) >= 11 is 8.03. The van der Waals surface area contributed by atoms with E-state index in [0.717, 1.165) is 44.6 Å². The molecule has 0 fully saturated rings. The van der Waals surface area contributed by atoms with Gasteiger partial charge in [0.25, 0.3) is 0 Å². The number of rotatable bonds is 5. The lowest BCUT2D eigenvalue weighted by Crippen LogP contribution is -1.99. The van der Waals surface area contributed by atoms with E-state index in [0.29, 0.717) is 11.6 Å². The highest BCUT2D eigenvalue weighted by Gasteiger charge is 2.15. The summed E-state index contributed by atoms with van der Waals surface area (Å²) in [5.41, 5.74) is 11.6. The van der Waals surface area contributed by atoms with Crippen LogP contribution in [-0.2, 0) is 6.54 Å². The van der Waals surface area contributed by atoms with Crippen molar-refractivity contribution in [1.29, 1.82) is 0 Å². The van der Waals surface area contributed by atoms with E-state index < -0.39 is 0 Å². The summed E-state index contributed by atoms with van der Waals surface area (Å²) in [5, 5.41) is 7.20. The maximum Gasteiger partial charge on any atom is 0.156 e. The maximum absolute atomic E-state index is 6.39. The van der Waals surface area contributed by atoms with Crippen LogP contribution in [0.15, 0.2) is 48.0 Å². The first-order chi connectivity index (χ1) is 13.1. The minimum absolute atomic E-state index is 0.431. The lowest BCUT2D eigenvalue weighted by molar-refractivity contribution is 0.415. The second-order valence-electron chi connectivity index (χ2n) is 6.19. The molecule has 4 aromatic rings. The molecule has 5 nitrogen and oxygen atoms in total. The molecule has 0 spiro atoms. The fraction of sp³-hybridized carbons (Fsp3) is 0.150. The molecular formula is C20H19ClN4OS. The molecule has 3 aromatic heterocycles. The summed E-state index contributed by atoms with van der Waals surface area (Å²) in [6.45, 7) is 2.43. The van der Waals surface area contributed by atoms with Gasteiger partial charge in [0.1, 0.15) is 5.75 Å². The number of pyridine rings is 1. The number of ether oxygens (including phenoxy) is 1. The molecule has 3 heterocycles. The third kappa shape index (κ3) is 3.39. The number of imidazole rings is 1. The van der Waals surface area contributed by atoms with Crippen LogP contribution in [0.3, 0.4) is 0 Å². The van der Waals surface area contributed by atoms with Gasteiger partial charge in [-0.1, -0.05) is 11.6 Å². The standard InChI is InChI=1S/C20H19ClN4OS/c1-12-19(25-10-13(9-22)7-17(21)20(25)23-12)14-8-18(27-11-14)24-15-3-5-16(26-2)6-4-15/h3-8,10-11,24H,9,22H2,1-2H3. The fourth-order valence-electron chi connectivity index (χ4n) is 3.07. The number of nitrogens with two attached hydrogens (primary N) is 1. The van der Waals surface area contributed by atoms with E-state index in [1.54, 1.807) is 18.4 Å². The molecule has 0 amide bonds. The van der Waals surface area contributed by atoms with Gasteiger partial charge in [-0.2, -0.15) is 0 Å². The molecule has 0 radical (unpaired) electrons. The van der Waals surface area contributed by atoms with Gasteiger partial charge in [0.05, 0.1) is 28.5 Å². The number of thiophene rings is 1. The normalized spacial score (nSPS) is 11.1. The predicted octanol–water partition coefficient (Wildman–Crippen LogP) is 5.24. The van der Waals surface area contributed by atoms with Gasteiger partial charge in [-0.3, -0.25) is 4.40 Å². The molecule has 0 unspecified atom stereocenters. The van der Waals surface area contributed by atoms with E-state index in [1.165, 1.54) is 0 Å². The summed E-state index contributed by atoms with van der Waals surface area (Å²) in [5.74, 6) is 0.835. The average molecular weight is 399 g/mol. The van der Waals surface area contributed by atoms with Gasteiger partial charge in [0.15, 0.2) is 5.65 Å². The number of hydrogen-bond donors (Lipinski definition) is 2. The van der Waals surface area contributed by atoms with Crippen LogP contribution in [-0.4, -0.2) is 16.5 Å². The smallest absolute Gasteiger partial charge is 0.156 e. The number of nitrogens with one attached hydrogen (secondary N) is 1. The van der Waals surface area contributed by atoms with Crippen molar-refractivity contribution in [2.24, 2.45) is 5.73 Å². The zero-order valence-corrected chi connectivity index (χ0v) is 16.6. The number of halogens is 1. The summed E-state index contributed by atoms with van der Waals surface area (Å²) in [6, 6.07) is 11.8. The topological polar surface area (TPSA) is 64.6 Å². The highest BCUT2D eigenvalue weighted by molar-refractivity contribution is 7.14. The van der Waals surface area contributed by atoms with Gasteiger partial charge in [0, 0.05) is 29.4 Å². The fourth-order valence-corrected chi connectivity index (χ4v) is 4.15. The second-order valence-corrected chi connectivity index (χ2v) is 7.51. The molecule has 1 aromatic carbocycles. The third-order valence-corrected chi connectivity index (χ3v) is 5.50. The Bertz CT molecular complexity index is 1100. The largest absolute Gasteiger partial charge is 0.497 e. The Kier molecular flexibility index (Phi) is 4.78. The molecule has 0 aliphatic heterocycles. The van der Waals surface area contributed by atoms with Gasteiger partial charge in [-0.15, -0.1) is 11.3 Å². The molecular weight excluding hydrogens is 380 g/mol. The highest BCUT2D eigenvalue weighted by Crippen LogP contribution is 2.35. The van der Waals surface area contributed by atoms with Crippen molar-refractivity contribution in [3.63, 3.8) is 0 Å². The highest BCUT2D eigenvalue weighted by atomic mass is 35.5. The minimum Gasteiger partial charge on any atom is -0.497 e. The van der Waals surface area contributed by atoms with Crippen molar-refractivity contribution in [3.05, 3.63) is 64.3 Å². The Morgan fingerprint density at radius 3 is 2.74 bits per heavy atom. The number of benzene rings is 1. The summed E-state index contributed by atoms with van der Waals surface area (Å²) in [4.78, 5) is 4.64. The third-order valence-electron chi connectivity index (χ3n) is 4.37. The van der Waals surface area contributed by atoms with Crippen LogP contribution in [0.1, 0.15) is 11.3 Å². The Morgan fingerprint density at radius 1 is 1.26 bits per heavy atom. The summed E-state index contributed by atoms with van der Waals surface area (Å²) < 4.78 is 7.23. The van der Waals surface area contributed by atoms with Gasteiger partial charge >= 0.3 is 0 Å². The first-order valence-corrected chi connectivity index (χ1v) is 9.72. The van der Waals surface area contributed by atoms with Crippen LogP contribution in [0.5, 0.6) is 5.75 Å². The number of fused-ring (bicyclic) bond motifs is 1. The van der Waals surface area contributed by atoms with Crippen LogP contribution in [0.25, 0.3) is 16.9 Å². The van der Waals surface area contributed by atoms with Crippen molar-refractivity contribution in [3.8, 4) is 17.0 Å². The Balaban J connectivity index is 1.70. The number of methoxy groups -OCH3 is 1. The molecule has 0 saturated carbocycles. The number of aromatic nitrogens is 2. The molecule has 27 heavy (non-hydrogen) atoms. The lowest BCUT2D eigenvalue weighted by Gasteiger charge is -2.06. The molecule has 7 heteroatoms. The quantitative estimate of drug-likeness (QED) is 0.482. The molecule has 0 saturated heterocycles. The number of aryl methyl sites for hydroxylation is 1. The van der Waals surface area contributed by atoms with E-state index in [2.05, 4.69) is 21.7 Å². The monoisotopic (exact) mass is 398 g/mol. The lowest BCUT2D eigenvalue weighted by atomic mass is 10.2. The number of anilines is 2. The van der Waals surface area contributed by atoms with E-state index in [-0.39, 0.29) is 0 Å². The maximum atomic E-state index is 6.39. The number of nitrogens with zero attached hydrogens (tertiary/aromatic N) is 2. The summed E-state index contributed by atoms with van der Waals surface area (Å²) in [7, 11) is 1.66. The van der Waals surface area contributed by atoms with Crippen LogP contribution < -0.4 is 15.8 Å². The van der Waals surface area contributed by atoms with Gasteiger partial charge in [-0.05, 0) is 48.9 Å². The second kappa shape index (κ2) is 7.23. The minimum atomic E-state index is 0.431. The van der Waals surface area contributed by atoms with Crippen molar-refractivity contribution in [1.82, 2.24) is 9.38 Å². The van der Waals surface area contributed by atoms with Gasteiger partial charge < -0.3 is 15.8 Å². The van der Waals surface area contributed by atoms with Crippen LogP contribution in [0.2, 0.25) is 5.02 Å². The van der Waals surface area contributed by atoms with Crippen molar-refractivity contribution in [2.75, 3.05) is 12.4 Å². The van der Waals surface area contributed by atoms with Crippen molar-refractivity contribution < 1.29 is 4.74 Å². The first kappa shape index (κ1) is 17.9. The van der Waals surface area contributed by atoms with Crippen molar-refractivity contribution in [2.45, 2.75) is 13.5 Å². The SMILES string of the molecule is COc1ccc(Nc2cc(-c3c(C)nc4c(Cl)cc(CN)cn34)cs2)cc1. The zero-order chi connectivity index (χ0) is 19.0. The Hall–Kier alpha value is -2.54. The molecule has 0 aliphatic carbocycles. The van der Waals surface area contributed by atoms with Crippen molar-refractivity contribution >= 4 is 39.3 Å². The molecule has 3 N–H and O–H groups in total. The number of hydrogen-bond acceptors (Lipinski definition) is 5. The van der Waals surface area contributed by atoms with Crippen LogP contribution in [0.4, 0.5) is 10.7 Å². The summed E-state index contributed by atoms with van der Waals surface area (Å²) in [6.07, 6.45) is 2.00. The Morgan fingerprint density at radius 2 is 2.04 bits per heavy atom. The van der Waals surface area contributed by atoms with E-state index in [1.807, 2.05) is 47.9 Å². The van der Waals surface area contributed by atoms with Gasteiger partial charge in [0.2, 0.25) is 0 Å². The zero-order valence-electron chi connectivity index (χ0n) is 15.0. The van der Waals surface area contributed by atoms with E-state index >= 15 is 0 Å². The molecule has 4 rings (SSSR count). The average Bonchev–Trinajstić information content (AvgIpc) is 3.25. The molecule has 0 aliphatic rings. The molecule has 0 atom stereocenters. The first-order valence-electron chi connectivity index (χ1n) is 8.46. The van der Waals surface area contributed by atoms with Crippen LogP contribution >= 0.6 is 22.9 Å².